The number of hydrogen-bond acceptors (Lipinski definition) is 6. The van der Waals surface area contributed by atoms with Gasteiger partial charge in [-0.3, -0.25) is 4.79 Å². The summed E-state index contributed by atoms with van der Waals surface area (Å²) in [5, 5.41) is 3.24. The van der Waals surface area contributed by atoms with Gasteiger partial charge in [0.1, 0.15) is 11.6 Å². The van der Waals surface area contributed by atoms with Gasteiger partial charge in [0.15, 0.2) is 12.4 Å². The van der Waals surface area contributed by atoms with Crippen LogP contribution >= 0.6 is 0 Å². The molecule has 2 aliphatic heterocycles. The molecule has 4 rings (SSSR count). The highest BCUT2D eigenvalue weighted by Gasteiger charge is 2.32. The normalized spacial score (nSPS) is 19.5. The van der Waals surface area contributed by atoms with Crippen LogP contribution in [-0.4, -0.2) is 59.5 Å². The second-order valence-corrected chi connectivity index (χ2v) is 7.79. The van der Waals surface area contributed by atoms with Gasteiger partial charge in [-0.2, -0.15) is 0 Å². The summed E-state index contributed by atoms with van der Waals surface area (Å²) in [5.74, 6) is 2.34. The Hall–Kier alpha value is -2.67. The number of carbonyl (C=O) groups excluding carboxylic acids is 1. The highest BCUT2D eigenvalue weighted by molar-refractivity contribution is 5.78. The Morgan fingerprint density at radius 3 is 2.83 bits per heavy atom. The number of fused-ring (bicyclic) bond motifs is 1. The van der Waals surface area contributed by atoms with Crippen LogP contribution in [0.2, 0.25) is 0 Å². The summed E-state index contributed by atoms with van der Waals surface area (Å²) < 4.78 is 5.70. The average molecular weight is 396 g/mol. The lowest BCUT2D eigenvalue weighted by Gasteiger charge is -2.35. The molecular formula is C22H29N5O2. The Balaban J connectivity index is 1.55. The Morgan fingerprint density at radius 1 is 1.21 bits per heavy atom. The fraction of sp³-hybridized carbons (Fsp3) is 0.500. The first-order chi connectivity index (χ1) is 14.2. The molecule has 154 valence electrons. The van der Waals surface area contributed by atoms with E-state index in [1.165, 1.54) is 5.56 Å². The van der Waals surface area contributed by atoms with Crippen LogP contribution in [-0.2, 0) is 17.8 Å². The van der Waals surface area contributed by atoms with Crippen molar-refractivity contribution in [1.82, 2.24) is 19.8 Å². The number of para-hydroxylation sites is 1. The topological polar surface area (TPSA) is 70.6 Å². The first-order valence-corrected chi connectivity index (χ1v) is 10.4. The van der Waals surface area contributed by atoms with Gasteiger partial charge >= 0.3 is 0 Å². The van der Waals surface area contributed by atoms with E-state index in [1.807, 2.05) is 42.3 Å². The summed E-state index contributed by atoms with van der Waals surface area (Å²) in [4.78, 5) is 26.9. The molecule has 29 heavy (non-hydrogen) atoms. The van der Waals surface area contributed by atoms with Crippen molar-refractivity contribution in [2.45, 2.75) is 38.3 Å². The number of amides is 1. The van der Waals surface area contributed by atoms with Crippen LogP contribution in [0.5, 0.6) is 5.75 Å². The molecule has 7 nitrogen and oxygen atoms in total. The lowest BCUT2D eigenvalue weighted by Crippen LogP contribution is -2.42. The number of hydrogen-bond donors (Lipinski definition) is 1. The third-order valence-corrected chi connectivity index (χ3v) is 5.73. The second-order valence-electron chi connectivity index (χ2n) is 7.79. The lowest BCUT2D eigenvalue weighted by atomic mass is 10.00. The van der Waals surface area contributed by atoms with E-state index in [0.29, 0.717) is 5.75 Å². The molecule has 0 aliphatic carbocycles. The summed E-state index contributed by atoms with van der Waals surface area (Å²) >= 11 is 0. The van der Waals surface area contributed by atoms with Gasteiger partial charge < -0.3 is 19.9 Å². The molecule has 0 spiro atoms. The van der Waals surface area contributed by atoms with Crippen molar-refractivity contribution >= 4 is 11.7 Å². The van der Waals surface area contributed by atoms with Gasteiger partial charge in [0, 0.05) is 38.7 Å². The second kappa shape index (κ2) is 8.78. The van der Waals surface area contributed by atoms with E-state index in [0.717, 1.165) is 62.7 Å². The van der Waals surface area contributed by atoms with E-state index >= 15 is 0 Å². The van der Waals surface area contributed by atoms with Crippen molar-refractivity contribution in [3.63, 3.8) is 0 Å². The van der Waals surface area contributed by atoms with Gasteiger partial charge in [-0.15, -0.1) is 0 Å². The fourth-order valence-corrected chi connectivity index (χ4v) is 4.17. The number of likely N-dealkylation sites (N-methyl/N-ethyl adjacent to an activating group) is 1. The largest absolute Gasteiger partial charge is 0.484 e. The number of nitrogens with one attached hydrogen (secondary N) is 1. The number of benzene rings is 1. The van der Waals surface area contributed by atoms with Gasteiger partial charge in [0.25, 0.3) is 5.91 Å². The Kier molecular flexibility index (Phi) is 5.94. The molecule has 2 aromatic rings. The fourth-order valence-electron chi connectivity index (χ4n) is 4.17. The number of rotatable bonds is 5. The minimum atomic E-state index is -0.0901. The Morgan fingerprint density at radius 2 is 2.03 bits per heavy atom. The van der Waals surface area contributed by atoms with Gasteiger partial charge in [-0.1, -0.05) is 18.2 Å². The maximum atomic E-state index is 13.0. The number of aromatic nitrogens is 2. The van der Waals surface area contributed by atoms with E-state index in [9.17, 15) is 4.79 Å². The zero-order valence-corrected chi connectivity index (χ0v) is 17.2. The van der Waals surface area contributed by atoms with E-state index in [-0.39, 0.29) is 18.6 Å². The molecule has 1 amide bonds. The number of anilines is 1. The van der Waals surface area contributed by atoms with E-state index in [4.69, 9.17) is 14.7 Å². The minimum Gasteiger partial charge on any atom is -0.484 e. The zero-order valence-electron chi connectivity index (χ0n) is 17.2. The number of ether oxygens (including phenoxy) is 1. The Labute approximate surface area is 172 Å². The molecular weight excluding hydrogens is 366 g/mol. The molecule has 7 heteroatoms. The van der Waals surface area contributed by atoms with Crippen molar-refractivity contribution in [3.05, 3.63) is 47.4 Å². The first kappa shape index (κ1) is 19.6. The van der Waals surface area contributed by atoms with Crippen LogP contribution in [0.1, 0.15) is 42.4 Å². The van der Waals surface area contributed by atoms with Crippen molar-refractivity contribution < 1.29 is 9.53 Å². The summed E-state index contributed by atoms with van der Waals surface area (Å²) in [5.41, 5.74) is 2.28. The van der Waals surface area contributed by atoms with Gasteiger partial charge in [-0.05, 0) is 38.4 Å². The molecule has 1 aromatic heterocycles. The van der Waals surface area contributed by atoms with Crippen molar-refractivity contribution in [1.29, 1.82) is 0 Å². The molecule has 0 bridgehead atoms. The monoisotopic (exact) mass is 395 g/mol. The summed E-state index contributed by atoms with van der Waals surface area (Å²) in [6.45, 7) is 2.60. The van der Waals surface area contributed by atoms with Gasteiger partial charge in [-0.25, -0.2) is 9.97 Å². The average Bonchev–Trinajstić information content (AvgIpc) is 2.77. The quantitative estimate of drug-likeness (QED) is 0.839. The Bertz CT molecular complexity index is 841. The minimum absolute atomic E-state index is 0.00869. The molecule has 1 unspecified atom stereocenters. The first-order valence-electron chi connectivity index (χ1n) is 10.4. The third kappa shape index (κ3) is 4.34. The molecule has 2 aliphatic rings. The molecule has 1 aromatic carbocycles. The van der Waals surface area contributed by atoms with Crippen LogP contribution in [0.25, 0.3) is 0 Å². The van der Waals surface area contributed by atoms with Crippen LogP contribution in [0.15, 0.2) is 30.3 Å². The summed E-state index contributed by atoms with van der Waals surface area (Å²) in [7, 11) is 4.02. The summed E-state index contributed by atoms with van der Waals surface area (Å²) in [6.07, 6.45) is 3.88. The number of likely N-dealkylation sites (tertiary alicyclic amines) is 1. The number of carbonyl (C=O) groups is 1. The van der Waals surface area contributed by atoms with Gasteiger partial charge in [0.2, 0.25) is 0 Å². The molecule has 1 saturated heterocycles. The number of piperidine rings is 1. The molecule has 3 heterocycles. The van der Waals surface area contributed by atoms with Crippen LogP contribution in [0.4, 0.5) is 5.82 Å². The predicted octanol–water partition coefficient (Wildman–Crippen LogP) is 2.64. The summed E-state index contributed by atoms with van der Waals surface area (Å²) in [6, 6.07) is 9.38. The van der Waals surface area contributed by atoms with Crippen molar-refractivity contribution in [2.24, 2.45) is 0 Å². The van der Waals surface area contributed by atoms with Crippen LogP contribution in [0.3, 0.4) is 0 Å². The molecule has 1 fully saturated rings. The SMILES string of the molecule is CNc1nc(C2CCCCN2C(=O)COc2ccccc2)nc2c1CN(C)CC2. The lowest BCUT2D eigenvalue weighted by molar-refractivity contribution is -0.137. The molecule has 1 N–H and O–H groups in total. The van der Waals surface area contributed by atoms with E-state index in [1.54, 1.807) is 0 Å². The maximum absolute atomic E-state index is 13.0. The standard InChI is InChI=1S/C22H29N5O2/c1-23-21-17-14-26(2)13-11-18(17)24-22(25-21)19-10-6-7-12-27(19)20(28)15-29-16-8-4-3-5-9-16/h3-5,8-9,19H,6-7,10-15H2,1-2H3,(H,23,24,25). The van der Waals surface area contributed by atoms with Crippen LogP contribution in [0, 0.1) is 0 Å². The maximum Gasteiger partial charge on any atom is 0.261 e. The van der Waals surface area contributed by atoms with E-state index in [2.05, 4.69) is 17.3 Å². The number of nitrogens with zero attached hydrogens (tertiary/aromatic N) is 4. The van der Waals surface area contributed by atoms with Crippen molar-refractivity contribution in [2.75, 3.05) is 39.1 Å². The van der Waals surface area contributed by atoms with Crippen LogP contribution < -0.4 is 10.1 Å². The van der Waals surface area contributed by atoms with Gasteiger partial charge in [0.05, 0.1) is 11.7 Å². The highest BCUT2D eigenvalue weighted by atomic mass is 16.5. The zero-order chi connectivity index (χ0) is 20.2. The predicted molar refractivity (Wildman–Crippen MR) is 112 cm³/mol. The molecule has 0 radical (unpaired) electrons. The van der Waals surface area contributed by atoms with Crippen molar-refractivity contribution in [3.8, 4) is 5.75 Å². The highest BCUT2D eigenvalue weighted by Crippen LogP contribution is 2.32. The molecule has 0 saturated carbocycles. The smallest absolute Gasteiger partial charge is 0.261 e. The third-order valence-electron chi connectivity index (χ3n) is 5.73. The molecule has 1 atom stereocenters. The van der Waals surface area contributed by atoms with E-state index < -0.39 is 0 Å².